The summed E-state index contributed by atoms with van der Waals surface area (Å²) in [5, 5.41) is 1.06. The Morgan fingerprint density at radius 1 is 0.906 bits per heavy atom. The number of ether oxygens (including phenoxy) is 3. The largest absolute Gasteiger partial charge is 0.497 e. The van der Waals surface area contributed by atoms with Gasteiger partial charge in [0.05, 0.1) is 19.7 Å². The summed E-state index contributed by atoms with van der Waals surface area (Å²) in [7, 11) is 5.32. The molecule has 4 rings (SSSR count). The molecule has 0 aliphatic heterocycles. The van der Waals surface area contributed by atoms with Crippen LogP contribution in [0.5, 0.6) is 17.2 Å². The number of pyridine rings is 2. The number of aromatic nitrogens is 2. The van der Waals surface area contributed by atoms with Gasteiger partial charge in [-0.1, -0.05) is 0 Å². The fourth-order valence-electron chi connectivity index (χ4n) is 3.41. The molecule has 0 aliphatic carbocycles. The van der Waals surface area contributed by atoms with Crippen LogP contribution in [-0.2, 0) is 13.2 Å². The van der Waals surface area contributed by atoms with E-state index in [1.54, 1.807) is 26.6 Å². The molecule has 2 aromatic carbocycles. The molecule has 7 heteroatoms. The second-order valence-corrected chi connectivity index (χ2v) is 8.27. The number of fused-ring (bicyclic) bond motifs is 1. The first-order valence-electron chi connectivity index (χ1n) is 10.1. The SMILES string of the molecule is COc1ccc(CN(C)c2ccc3ccc(OCc4cncc(Br)c4)cc3n2)c(OC)c1. The van der Waals surface area contributed by atoms with Gasteiger partial charge < -0.3 is 19.1 Å². The minimum atomic E-state index is 0.439. The van der Waals surface area contributed by atoms with E-state index in [0.717, 1.165) is 49.6 Å². The van der Waals surface area contributed by atoms with Crippen LogP contribution < -0.4 is 19.1 Å². The molecular formula is C25H24BrN3O3. The third kappa shape index (κ3) is 5.11. The van der Waals surface area contributed by atoms with Crippen LogP contribution in [0.1, 0.15) is 11.1 Å². The second kappa shape index (κ2) is 9.87. The van der Waals surface area contributed by atoms with Gasteiger partial charge in [0.25, 0.3) is 0 Å². The highest BCUT2D eigenvalue weighted by Crippen LogP contribution is 2.28. The van der Waals surface area contributed by atoms with Gasteiger partial charge in [0.1, 0.15) is 29.7 Å². The monoisotopic (exact) mass is 493 g/mol. The van der Waals surface area contributed by atoms with Gasteiger partial charge in [-0.15, -0.1) is 0 Å². The first-order valence-corrected chi connectivity index (χ1v) is 10.9. The summed E-state index contributed by atoms with van der Waals surface area (Å²) >= 11 is 3.44. The Morgan fingerprint density at radius 3 is 2.50 bits per heavy atom. The van der Waals surface area contributed by atoms with Gasteiger partial charge in [0, 0.05) is 59.1 Å². The van der Waals surface area contributed by atoms with E-state index in [4.69, 9.17) is 19.2 Å². The highest BCUT2D eigenvalue weighted by Gasteiger charge is 2.11. The Balaban J connectivity index is 1.52. The summed E-state index contributed by atoms with van der Waals surface area (Å²) in [5.74, 6) is 3.18. The lowest BCUT2D eigenvalue weighted by atomic mass is 10.1. The zero-order valence-electron chi connectivity index (χ0n) is 18.2. The van der Waals surface area contributed by atoms with Gasteiger partial charge in [-0.2, -0.15) is 0 Å². The van der Waals surface area contributed by atoms with E-state index in [1.165, 1.54) is 0 Å². The lowest BCUT2D eigenvalue weighted by molar-refractivity contribution is 0.306. The standard InChI is InChI=1S/C25H24BrN3O3/c1-29(15-19-5-7-21(30-2)12-24(19)31-3)25-9-6-18-4-8-22(11-23(18)28-25)32-16-17-10-20(26)14-27-13-17/h4-14H,15-16H2,1-3H3. The van der Waals surface area contributed by atoms with Crippen molar-refractivity contribution >= 4 is 32.7 Å². The third-order valence-corrected chi connectivity index (χ3v) is 5.54. The normalized spacial score (nSPS) is 10.8. The summed E-state index contributed by atoms with van der Waals surface area (Å²) < 4.78 is 17.7. The molecule has 4 aromatic rings. The van der Waals surface area contributed by atoms with Gasteiger partial charge >= 0.3 is 0 Å². The summed E-state index contributed by atoms with van der Waals surface area (Å²) in [5.41, 5.74) is 2.92. The van der Waals surface area contributed by atoms with E-state index in [2.05, 4.69) is 31.9 Å². The van der Waals surface area contributed by atoms with E-state index in [1.807, 2.05) is 55.6 Å². The number of hydrogen-bond donors (Lipinski definition) is 0. The predicted molar refractivity (Wildman–Crippen MR) is 130 cm³/mol. The lowest BCUT2D eigenvalue weighted by Gasteiger charge is -2.20. The molecule has 0 unspecified atom stereocenters. The van der Waals surface area contributed by atoms with Crippen LogP contribution in [0.3, 0.4) is 0 Å². The number of anilines is 1. The molecule has 32 heavy (non-hydrogen) atoms. The van der Waals surface area contributed by atoms with Crippen molar-refractivity contribution < 1.29 is 14.2 Å². The smallest absolute Gasteiger partial charge is 0.129 e. The Bertz CT molecular complexity index is 1230. The molecule has 0 N–H and O–H groups in total. The topological polar surface area (TPSA) is 56.7 Å². The van der Waals surface area contributed by atoms with E-state index in [0.29, 0.717) is 13.2 Å². The van der Waals surface area contributed by atoms with Crippen LogP contribution in [0.4, 0.5) is 5.82 Å². The second-order valence-electron chi connectivity index (χ2n) is 7.36. The first kappa shape index (κ1) is 21.9. The van der Waals surface area contributed by atoms with Crippen molar-refractivity contribution in [2.75, 3.05) is 26.2 Å². The summed E-state index contributed by atoms with van der Waals surface area (Å²) in [4.78, 5) is 11.1. The lowest BCUT2D eigenvalue weighted by Crippen LogP contribution is -2.18. The number of halogens is 1. The quantitative estimate of drug-likeness (QED) is 0.317. The van der Waals surface area contributed by atoms with Crippen molar-refractivity contribution in [1.82, 2.24) is 9.97 Å². The molecule has 0 atom stereocenters. The van der Waals surface area contributed by atoms with Crippen LogP contribution in [-0.4, -0.2) is 31.2 Å². The highest BCUT2D eigenvalue weighted by molar-refractivity contribution is 9.10. The molecule has 164 valence electrons. The number of hydrogen-bond acceptors (Lipinski definition) is 6. The van der Waals surface area contributed by atoms with Crippen molar-refractivity contribution in [1.29, 1.82) is 0 Å². The maximum atomic E-state index is 5.96. The Kier molecular flexibility index (Phi) is 6.75. The fraction of sp³-hybridized carbons (Fsp3) is 0.200. The van der Waals surface area contributed by atoms with E-state index >= 15 is 0 Å². The summed E-state index contributed by atoms with van der Waals surface area (Å²) in [6.45, 7) is 1.09. The number of nitrogens with zero attached hydrogens (tertiary/aromatic N) is 3. The average Bonchev–Trinajstić information content (AvgIpc) is 2.82. The molecule has 0 saturated carbocycles. The van der Waals surface area contributed by atoms with Crippen molar-refractivity contribution in [3.63, 3.8) is 0 Å². The number of benzene rings is 2. The molecule has 0 fully saturated rings. The fourth-order valence-corrected chi connectivity index (χ4v) is 3.82. The van der Waals surface area contributed by atoms with Crippen LogP contribution in [0.15, 0.2) is 71.5 Å². The van der Waals surface area contributed by atoms with Crippen molar-refractivity contribution in [2.45, 2.75) is 13.2 Å². The van der Waals surface area contributed by atoms with Gasteiger partial charge in [-0.3, -0.25) is 4.98 Å². The van der Waals surface area contributed by atoms with Gasteiger partial charge in [0.15, 0.2) is 0 Å². The first-order chi connectivity index (χ1) is 15.6. The molecule has 0 radical (unpaired) electrons. The molecule has 0 spiro atoms. The summed E-state index contributed by atoms with van der Waals surface area (Å²) in [6, 6.07) is 17.9. The van der Waals surface area contributed by atoms with Crippen molar-refractivity contribution in [3.05, 3.63) is 82.6 Å². The molecule has 0 bridgehead atoms. The van der Waals surface area contributed by atoms with Gasteiger partial charge in [-0.25, -0.2) is 4.98 Å². The predicted octanol–water partition coefficient (Wildman–Crippen LogP) is 5.62. The van der Waals surface area contributed by atoms with E-state index < -0.39 is 0 Å². The molecule has 6 nitrogen and oxygen atoms in total. The molecule has 2 aromatic heterocycles. The van der Waals surface area contributed by atoms with Crippen LogP contribution in [0.25, 0.3) is 10.9 Å². The maximum absolute atomic E-state index is 5.96. The number of methoxy groups -OCH3 is 2. The molecule has 0 saturated heterocycles. The van der Waals surface area contributed by atoms with E-state index in [9.17, 15) is 0 Å². The minimum Gasteiger partial charge on any atom is -0.497 e. The average molecular weight is 494 g/mol. The summed E-state index contributed by atoms with van der Waals surface area (Å²) in [6.07, 6.45) is 3.55. The van der Waals surface area contributed by atoms with Crippen LogP contribution in [0, 0.1) is 0 Å². The minimum absolute atomic E-state index is 0.439. The molecular weight excluding hydrogens is 470 g/mol. The molecule has 2 heterocycles. The maximum Gasteiger partial charge on any atom is 0.129 e. The van der Waals surface area contributed by atoms with Gasteiger partial charge in [-0.05, 0) is 58.4 Å². The van der Waals surface area contributed by atoms with E-state index in [-0.39, 0.29) is 0 Å². The van der Waals surface area contributed by atoms with Crippen LogP contribution in [0.2, 0.25) is 0 Å². The van der Waals surface area contributed by atoms with Crippen molar-refractivity contribution in [3.8, 4) is 17.2 Å². The number of rotatable bonds is 8. The Morgan fingerprint density at radius 2 is 1.72 bits per heavy atom. The Labute approximate surface area is 195 Å². The zero-order chi connectivity index (χ0) is 22.5. The highest BCUT2D eigenvalue weighted by atomic mass is 79.9. The van der Waals surface area contributed by atoms with Crippen LogP contribution >= 0.6 is 15.9 Å². The van der Waals surface area contributed by atoms with Crippen molar-refractivity contribution in [2.24, 2.45) is 0 Å². The Hall–Kier alpha value is -3.32. The third-order valence-electron chi connectivity index (χ3n) is 5.11. The van der Waals surface area contributed by atoms with Gasteiger partial charge in [0.2, 0.25) is 0 Å². The zero-order valence-corrected chi connectivity index (χ0v) is 19.8. The molecule has 0 amide bonds. The molecule has 0 aliphatic rings.